The number of hydrogen-bond donors (Lipinski definition) is 3. The van der Waals surface area contributed by atoms with E-state index >= 15 is 0 Å². The Labute approximate surface area is 190 Å². The third-order valence-electron chi connectivity index (χ3n) is 7.11. The fraction of sp³-hybridized carbons (Fsp3) is 0.458. The van der Waals surface area contributed by atoms with Crippen LogP contribution in [-0.4, -0.2) is 63.9 Å². The summed E-state index contributed by atoms with van der Waals surface area (Å²) in [7, 11) is 0. The van der Waals surface area contributed by atoms with Gasteiger partial charge < -0.3 is 29.4 Å². The van der Waals surface area contributed by atoms with Crippen molar-refractivity contribution in [2.75, 3.05) is 13.2 Å². The quantitative estimate of drug-likeness (QED) is 0.545. The van der Waals surface area contributed by atoms with Crippen molar-refractivity contribution in [2.45, 2.75) is 55.7 Å². The predicted octanol–water partition coefficient (Wildman–Crippen LogP) is 3.20. The summed E-state index contributed by atoms with van der Waals surface area (Å²) in [5.74, 6) is 0.558. The normalized spacial score (nSPS) is 29.2. The van der Waals surface area contributed by atoms with Crippen LogP contribution in [0.2, 0.25) is 5.02 Å². The first-order valence-corrected chi connectivity index (χ1v) is 11.4. The van der Waals surface area contributed by atoms with Crippen molar-refractivity contribution >= 4 is 22.6 Å². The summed E-state index contributed by atoms with van der Waals surface area (Å²) in [5.41, 5.74) is 4.19. The van der Waals surface area contributed by atoms with Crippen LogP contribution in [0.3, 0.4) is 0 Å². The first-order chi connectivity index (χ1) is 15.4. The van der Waals surface area contributed by atoms with Crippen molar-refractivity contribution in [1.82, 2.24) is 9.97 Å². The molecule has 168 valence electrons. The second-order valence-corrected chi connectivity index (χ2v) is 9.52. The van der Waals surface area contributed by atoms with Crippen molar-refractivity contribution in [3.8, 4) is 17.1 Å². The second-order valence-electron chi connectivity index (χ2n) is 9.11. The molecule has 2 aliphatic heterocycles. The summed E-state index contributed by atoms with van der Waals surface area (Å²) in [6.07, 6.45) is 0.145. The Bertz CT molecular complexity index is 1160. The van der Waals surface area contributed by atoms with Gasteiger partial charge in [0.25, 0.3) is 0 Å². The van der Waals surface area contributed by atoms with E-state index in [9.17, 15) is 10.2 Å². The number of rotatable bonds is 5. The van der Waals surface area contributed by atoms with E-state index < -0.39 is 6.10 Å². The van der Waals surface area contributed by atoms with Gasteiger partial charge >= 0.3 is 0 Å². The molecule has 2 saturated heterocycles. The SMILES string of the molecule is CC(O)C1(c2ccc(-c3nc4cc(O[C@@H]5CO[C@H]6[C@@H]5OC[C@H]6O)[nH]c4cc3Cl)cc2)CC1. The number of fused-ring (bicyclic) bond motifs is 2. The van der Waals surface area contributed by atoms with Crippen LogP contribution in [-0.2, 0) is 14.9 Å². The fourth-order valence-corrected chi connectivity index (χ4v) is 5.28. The molecule has 8 heteroatoms. The number of nitrogens with one attached hydrogen (secondary N) is 1. The summed E-state index contributed by atoms with van der Waals surface area (Å²) < 4.78 is 17.3. The topological polar surface area (TPSA) is 96.8 Å². The zero-order valence-electron chi connectivity index (χ0n) is 17.6. The van der Waals surface area contributed by atoms with E-state index in [4.69, 9.17) is 30.8 Å². The highest BCUT2D eigenvalue weighted by Crippen LogP contribution is 2.51. The molecule has 2 aromatic heterocycles. The van der Waals surface area contributed by atoms with Gasteiger partial charge in [0.1, 0.15) is 18.3 Å². The van der Waals surface area contributed by atoms with Crippen LogP contribution < -0.4 is 4.74 Å². The molecule has 3 aliphatic rings. The second kappa shape index (κ2) is 7.43. The van der Waals surface area contributed by atoms with E-state index in [1.54, 1.807) is 0 Å². The lowest BCUT2D eigenvalue weighted by Gasteiger charge is -2.19. The minimum Gasteiger partial charge on any atom is -0.470 e. The number of aromatic amines is 1. The lowest BCUT2D eigenvalue weighted by molar-refractivity contribution is 0.00794. The molecular weight excluding hydrogens is 432 g/mol. The van der Waals surface area contributed by atoms with Gasteiger partial charge in [0.2, 0.25) is 0 Å². The van der Waals surface area contributed by atoms with Crippen LogP contribution in [0.15, 0.2) is 36.4 Å². The van der Waals surface area contributed by atoms with Gasteiger partial charge in [-0.3, -0.25) is 0 Å². The Balaban J connectivity index is 1.25. The molecule has 0 amide bonds. The van der Waals surface area contributed by atoms with Crippen molar-refractivity contribution in [3.05, 3.63) is 47.0 Å². The average molecular weight is 457 g/mol. The third kappa shape index (κ3) is 3.23. The summed E-state index contributed by atoms with van der Waals surface area (Å²) in [5, 5.41) is 20.6. The van der Waals surface area contributed by atoms with E-state index in [0.29, 0.717) is 23.2 Å². The Morgan fingerprint density at radius 3 is 2.62 bits per heavy atom. The molecule has 6 rings (SSSR count). The van der Waals surface area contributed by atoms with Crippen molar-refractivity contribution in [3.63, 3.8) is 0 Å². The molecule has 4 heterocycles. The third-order valence-corrected chi connectivity index (χ3v) is 7.40. The number of halogens is 1. The monoisotopic (exact) mass is 456 g/mol. The zero-order valence-corrected chi connectivity index (χ0v) is 18.4. The molecule has 3 fully saturated rings. The van der Waals surface area contributed by atoms with Gasteiger partial charge in [-0.05, 0) is 31.4 Å². The van der Waals surface area contributed by atoms with Gasteiger partial charge in [-0.1, -0.05) is 35.9 Å². The molecule has 1 saturated carbocycles. The minimum atomic E-state index is -0.610. The Morgan fingerprint density at radius 2 is 1.91 bits per heavy atom. The number of hydrogen-bond acceptors (Lipinski definition) is 6. The van der Waals surface area contributed by atoms with Gasteiger partial charge in [-0.15, -0.1) is 0 Å². The predicted molar refractivity (Wildman–Crippen MR) is 119 cm³/mol. The minimum absolute atomic E-state index is 0.103. The highest BCUT2D eigenvalue weighted by atomic mass is 35.5. The van der Waals surface area contributed by atoms with Crippen molar-refractivity contribution in [2.24, 2.45) is 0 Å². The standard InChI is InChI=1S/C24H25ClN2O5/c1-12(28)24(6-7-24)14-4-2-13(3-5-14)21-15(25)8-16-17(27-21)9-20(26-16)32-19-11-31-22-18(29)10-30-23(19)22/h2-5,8-9,12,18-19,22-23,26,28-29H,6-7,10-11H2,1H3/t12?,18-,19-,22-,23-/m1/s1. The van der Waals surface area contributed by atoms with Gasteiger partial charge in [0.15, 0.2) is 12.0 Å². The average Bonchev–Trinajstić information content (AvgIpc) is 3.18. The van der Waals surface area contributed by atoms with E-state index in [0.717, 1.165) is 35.0 Å². The first-order valence-electron chi connectivity index (χ1n) is 11.0. The molecule has 3 aromatic rings. The van der Waals surface area contributed by atoms with E-state index in [-0.39, 0.29) is 36.4 Å². The zero-order chi connectivity index (χ0) is 22.0. The number of benzene rings is 1. The first kappa shape index (κ1) is 20.4. The van der Waals surface area contributed by atoms with Crippen LogP contribution in [0.1, 0.15) is 25.3 Å². The number of aliphatic hydroxyl groups is 2. The Morgan fingerprint density at radius 1 is 1.16 bits per heavy atom. The van der Waals surface area contributed by atoms with Gasteiger partial charge in [0.05, 0.1) is 41.1 Å². The molecule has 32 heavy (non-hydrogen) atoms. The fourth-order valence-electron chi connectivity index (χ4n) is 5.02. The van der Waals surface area contributed by atoms with Crippen LogP contribution in [0.25, 0.3) is 22.3 Å². The molecule has 5 atom stereocenters. The highest BCUT2D eigenvalue weighted by Gasteiger charge is 2.49. The summed E-state index contributed by atoms with van der Waals surface area (Å²) in [6, 6.07) is 11.9. The van der Waals surface area contributed by atoms with Gasteiger partial charge in [-0.2, -0.15) is 0 Å². The van der Waals surface area contributed by atoms with Gasteiger partial charge in [0, 0.05) is 17.0 Å². The van der Waals surface area contributed by atoms with Crippen LogP contribution in [0, 0.1) is 0 Å². The molecule has 3 N–H and O–H groups in total. The van der Waals surface area contributed by atoms with Crippen molar-refractivity contribution < 1.29 is 24.4 Å². The maximum atomic E-state index is 10.1. The number of H-pyrrole nitrogens is 1. The number of nitrogens with zero attached hydrogens (tertiary/aromatic N) is 1. The molecule has 0 spiro atoms. The van der Waals surface area contributed by atoms with Crippen LogP contribution in [0.4, 0.5) is 0 Å². The van der Waals surface area contributed by atoms with E-state index in [1.807, 2.05) is 31.2 Å². The number of aliphatic hydroxyl groups excluding tert-OH is 2. The highest BCUT2D eigenvalue weighted by molar-refractivity contribution is 6.33. The Hall–Kier alpha value is -2.16. The lowest BCUT2D eigenvalue weighted by Crippen LogP contribution is -2.34. The van der Waals surface area contributed by atoms with E-state index in [1.165, 1.54) is 0 Å². The van der Waals surface area contributed by atoms with Crippen molar-refractivity contribution in [1.29, 1.82) is 0 Å². The molecule has 7 nitrogen and oxygen atoms in total. The number of pyridine rings is 1. The molecule has 1 aliphatic carbocycles. The van der Waals surface area contributed by atoms with Crippen LogP contribution in [0.5, 0.6) is 5.88 Å². The maximum Gasteiger partial charge on any atom is 0.193 e. The molecular formula is C24H25ClN2O5. The van der Waals surface area contributed by atoms with Crippen LogP contribution >= 0.6 is 11.6 Å². The molecule has 0 bridgehead atoms. The lowest BCUT2D eigenvalue weighted by atomic mass is 9.90. The summed E-state index contributed by atoms with van der Waals surface area (Å²) >= 11 is 6.57. The molecule has 1 unspecified atom stereocenters. The maximum absolute atomic E-state index is 10.1. The van der Waals surface area contributed by atoms with E-state index in [2.05, 4.69) is 17.1 Å². The number of aromatic nitrogens is 2. The van der Waals surface area contributed by atoms with Gasteiger partial charge in [-0.25, -0.2) is 4.98 Å². The Kier molecular flexibility index (Phi) is 4.75. The smallest absolute Gasteiger partial charge is 0.193 e. The number of ether oxygens (including phenoxy) is 3. The molecule has 1 aromatic carbocycles. The molecule has 0 radical (unpaired) electrons. The largest absolute Gasteiger partial charge is 0.470 e. The summed E-state index contributed by atoms with van der Waals surface area (Å²) in [4.78, 5) is 7.98. The summed E-state index contributed by atoms with van der Waals surface area (Å²) in [6.45, 7) is 2.48.